The van der Waals surface area contributed by atoms with Crippen LogP contribution in [0.1, 0.15) is 83.5 Å². The van der Waals surface area contributed by atoms with Gasteiger partial charge in [-0.15, -0.1) is 0 Å². The maximum atomic E-state index is 10.2. The van der Waals surface area contributed by atoms with Crippen molar-refractivity contribution >= 4 is 23.7 Å². The molecule has 186 valence electrons. The molecule has 0 atom stereocenters. The number of carboxylic acid groups (broad SMARTS) is 1. The molecule has 0 heterocycles. The number of hydrogen-bond acceptors (Lipinski definition) is 2. The molecule has 0 radical (unpaired) electrons. The first-order valence-corrected chi connectivity index (χ1v) is 13.4. The van der Waals surface area contributed by atoms with E-state index < -0.39 is 6.09 Å². The van der Waals surface area contributed by atoms with E-state index in [2.05, 4.69) is 66.0 Å². The summed E-state index contributed by atoms with van der Waals surface area (Å²) in [4.78, 5) is 10.2. The molecule has 0 aliphatic rings. The number of nitrogens with one attached hydrogen (secondary N) is 1. The van der Waals surface area contributed by atoms with Gasteiger partial charge < -0.3 is 10.4 Å². The highest BCUT2D eigenvalue weighted by Crippen LogP contribution is 2.17. The van der Waals surface area contributed by atoms with Crippen LogP contribution in [0.25, 0.3) is 11.1 Å². The predicted molar refractivity (Wildman–Crippen MR) is 151 cm³/mol. The first-order valence-electron chi connectivity index (χ1n) is 12.9. The van der Waals surface area contributed by atoms with Crippen LogP contribution >= 0.6 is 12.2 Å². The van der Waals surface area contributed by atoms with Crippen molar-refractivity contribution in [2.75, 3.05) is 6.54 Å². The second kappa shape index (κ2) is 22.3. The van der Waals surface area contributed by atoms with E-state index in [9.17, 15) is 4.79 Å². The first-order chi connectivity index (χ1) is 16.7. The monoisotopic (exact) mass is 481 g/mol. The van der Waals surface area contributed by atoms with E-state index in [0.717, 1.165) is 19.3 Å². The fourth-order valence-electron chi connectivity index (χ4n) is 3.63. The number of unbranched alkanes of at least 4 members (excludes halogenated alkanes) is 11. The number of benzene rings is 2. The zero-order valence-electron chi connectivity index (χ0n) is 20.7. The molecule has 3 nitrogen and oxygen atoms in total. The lowest BCUT2D eigenvalue weighted by Crippen LogP contribution is -2.21. The van der Waals surface area contributed by atoms with E-state index in [1.54, 1.807) is 0 Å². The third-order valence-corrected chi connectivity index (χ3v) is 5.80. The molecule has 0 unspecified atom stereocenters. The molecule has 4 heteroatoms. The van der Waals surface area contributed by atoms with E-state index in [4.69, 9.17) is 17.3 Å². The lowest BCUT2D eigenvalue weighted by Gasteiger charge is -2.01. The number of allylic oxidation sites excluding steroid dienone is 2. The molecule has 34 heavy (non-hydrogen) atoms. The smallest absolute Gasteiger partial charge is 0.404 e. The highest BCUT2D eigenvalue weighted by atomic mass is 32.1. The molecule has 0 bridgehead atoms. The van der Waals surface area contributed by atoms with E-state index in [0.29, 0.717) is 6.54 Å². The highest BCUT2D eigenvalue weighted by molar-refractivity contribution is 7.78. The third-order valence-electron chi connectivity index (χ3n) is 5.56. The highest BCUT2D eigenvalue weighted by Gasteiger charge is 1.94. The summed E-state index contributed by atoms with van der Waals surface area (Å²) in [5.74, 6) is 0. The van der Waals surface area contributed by atoms with E-state index in [-0.39, 0.29) is 0 Å². The van der Waals surface area contributed by atoms with Crippen LogP contribution < -0.4 is 5.32 Å². The molecule has 2 N–H and O–H groups in total. The fourth-order valence-corrected chi connectivity index (χ4v) is 3.80. The normalized spacial score (nSPS) is 10.5. The average molecular weight is 482 g/mol. The molecule has 0 aromatic heterocycles. The zero-order valence-corrected chi connectivity index (χ0v) is 21.5. The van der Waals surface area contributed by atoms with Crippen LogP contribution in [0.15, 0.2) is 72.8 Å². The van der Waals surface area contributed by atoms with Crippen molar-refractivity contribution in [2.45, 2.75) is 83.5 Å². The van der Waals surface area contributed by atoms with Crippen molar-refractivity contribution in [3.8, 4) is 11.1 Å². The SMILES string of the molecule is O=C(O)NCCCCCCC/C=C\CCCCCCCC=S.c1ccc(-c2ccccc2)cc1. The van der Waals surface area contributed by atoms with Gasteiger partial charge in [-0.05, 0) is 61.4 Å². The molecule has 0 spiro atoms. The van der Waals surface area contributed by atoms with E-state index in [1.165, 1.54) is 75.3 Å². The van der Waals surface area contributed by atoms with Gasteiger partial charge in [0.05, 0.1) is 0 Å². The summed E-state index contributed by atoms with van der Waals surface area (Å²) in [6.07, 6.45) is 19.6. The van der Waals surface area contributed by atoms with E-state index >= 15 is 0 Å². The van der Waals surface area contributed by atoms with Crippen molar-refractivity contribution in [3.05, 3.63) is 72.8 Å². The Balaban J connectivity index is 0.000000398. The minimum Gasteiger partial charge on any atom is -0.465 e. The van der Waals surface area contributed by atoms with Gasteiger partial charge >= 0.3 is 6.09 Å². The molecule has 0 fully saturated rings. The molecule has 0 aliphatic carbocycles. The maximum Gasteiger partial charge on any atom is 0.404 e. The summed E-state index contributed by atoms with van der Waals surface area (Å²) >= 11 is 4.81. The quantitative estimate of drug-likeness (QED) is 0.134. The Bertz CT molecular complexity index is 724. The zero-order chi connectivity index (χ0) is 24.5. The Morgan fingerprint density at radius 2 is 1.06 bits per heavy atom. The number of carbonyl (C=O) groups is 1. The summed E-state index contributed by atoms with van der Waals surface area (Å²) in [6, 6.07) is 20.8. The number of thiocarbonyl (C=S) groups is 1. The number of hydrogen-bond donors (Lipinski definition) is 2. The predicted octanol–water partition coefficient (Wildman–Crippen LogP) is 9.23. The second-order valence-electron chi connectivity index (χ2n) is 8.50. The molecule has 0 saturated carbocycles. The van der Waals surface area contributed by atoms with Gasteiger partial charge in [-0.1, -0.05) is 124 Å². The average Bonchev–Trinajstić information content (AvgIpc) is 2.87. The molecule has 2 aromatic carbocycles. The van der Waals surface area contributed by atoms with Gasteiger partial charge in [0.1, 0.15) is 0 Å². The number of rotatable bonds is 17. The Morgan fingerprint density at radius 1 is 0.647 bits per heavy atom. The standard InChI is InChI=1S/C18H33NO2S.C12H10/c20-18(21)19-16-14-12-10-8-6-4-2-1-3-5-7-9-11-13-15-17-22;1-3-7-11(8-4-1)12-9-5-2-6-10-12/h1-2,17,19H,3-16H2,(H,20,21);1-10H/b2-1-;. The summed E-state index contributed by atoms with van der Waals surface area (Å²) in [7, 11) is 0. The van der Waals surface area contributed by atoms with Crippen molar-refractivity contribution in [1.29, 1.82) is 0 Å². The van der Waals surface area contributed by atoms with E-state index in [1.807, 2.05) is 17.5 Å². The summed E-state index contributed by atoms with van der Waals surface area (Å²) in [5, 5.41) is 12.7. The van der Waals surface area contributed by atoms with Gasteiger partial charge in [0.2, 0.25) is 0 Å². The molecule has 0 aliphatic heterocycles. The van der Waals surface area contributed by atoms with Gasteiger partial charge in [0.15, 0.2) is 0 Å². The van der Waals surface area contributed by atoms with Crippen molar-refractivity contribution < 1.29 is 9.90 Å². The van der Waals surface area contributed by atoms with Crippen LogP contribution in [0, 0.1) is 0 Å². The molecular formula is C30H43NO2S. The van der Waals surface area contributed by atoms with Crippen LogP contribution in [-0.4, -0.2) is 23.1 Å². The molecular weight excluding hydrogens is 438 g/mol. The van der Waals surface area contributed by atoms with Gasteiger partial charge in [-0.2, -0.15) is 0 Å². The lowest BCUT2D eigenvalue weighted by molar-refractivity contribution is 0.194. The van der Waals surface area contributed by atoms with Crippen LogP contribution in [0.4, 0.5) is 4.79 Å². The van der Waals surface area contributed by atoms with Crippen molar-refractivity contribution in [2.24, 2.45) is 0 Å². The Labute approximate surface area is 212 Å². The fraction of sp³-hybridized carbons (Fsp3) is 0.467. The topological polar surface area (TPSA) is 49.3 Å². The van der Waals surface area contributed by atoms with Gasteiger partial charge in [0.25, 0.3) is 0 Å². The molecule has 2 rings (SSSR count). The molecule has 2 aromatic rings. The van der Waals surface area contributed by atoms with Crippen LogP contribution in [0.2, 0.25) is 0 Å². The Morgan fingerprint density at radius 3 is 1.50 bits per heavy atom. The Hall–Kier alpha value is -2.46. The van der Waals surface area contributed by atoms with Crippen molar-refractivity contribution in [3.63, 3.8) is 0 Å². The van der Waals surface area contributed by atoms with Crippen molar-refractivity contribution in [1.82, 2.24) is 5.32 Å². The first kappa shape index (κ1) is 29.6. The maximum absolute atomic E-state index is 10.2. The second-order valence-corrected chi connectivity index (χ2v) is 8.84. The lowest BCUT2D eigenvalue weighted by atomic mass is 10.1. The largest absolute Gasteiger partial charge is 0.465 e. The van der Waals surface area contributed by atoms with Gasteiger partial charge in [-0.25, -0.2) is 4.79 Å². The minimum absolute atomic E-state index is 0.584. The van der Waals surface area contributed by atoms with Gasteiger partial charge in [-0.3, -0.25) is 0 Å². The summed E-state index contributed by atoms with van der Waals surface area (Å²) in [5.41, 5.74) is 2.55. The number of amides is 1. The Kier molecular flexibility index (Phi) is 19.4. The minimum atomic E-state index is -0.917. The van der Waals surface area contributed by atoms with Crippen LogP contribution in [0.3, 0.4) is 0 Å². The summed E-state index contributed by atoms with van der Waals surface area (Å²) in [6.45, 7) is 0.584. The molecule has 1 amide bonds. The van der Waals surface area contributed by atoms with Crippen LogP contribution in [-0.2, 0) is 0 Å². The molecule has 0 saturated heterocycles. The summed E-state index contributed by atoms with van der Waals surface area (Å²) < 4.78 is 0. The third kappa shape index (κ3) is 18.0. The van der Waals surface area contributed by atoms with Crippen LogP contribution in [0.5, 0.6) is 0 Å². The van der Waals surface area contributed by atoms with Gasteiger partial charge in [0, 0.05) is 6.54 Å².